The number of aromatic nitrogens is 1. The normalized spacial score (nSPS) is 11.2. The summed E-state index contributed by atoms with van der Waals surface area (Å²) in [5.41, 5.74) is 0.332. The molecule has 0 bridgehead atoms. The third kappa shape index (κ3) is 6.08. The summed E-state index contributed by atoms with van der Waals surface area (Å²) in [5, 5.41) is 6.61. The van der Waals surface area contributed by atoms with E-state index in [4.69, 9.17) is 4.74 Å². The summed E-state index contributed by atoms with van der Waals surface area (Å²) >= 11 is 1.05. The molecule has 0 unspecified atom stereocenters. The minimum atomic E-state index is -3.59. The predicted molar refractivity (Wildman–Crippen MR) is 112 cm³/mol. The minimum Gasteiger partial charge on any atom is -0.451 e. The van der Waals surface area contributed by atoms with Crippen LogP contribution < -0.4 is 10.6 Å². The number of carbonyl (C=O) groups is 3. The van der Waals surface area contributed by atoms with Crippen LogP contribution in [0.25, 0.3) is 0 Å². The Morgan fingerprint density at radius 1 is 1.10 bits per heavy atom. The summed E-state index contributed by atoms with van der Waals surface area (Å²) < 4.78 is 31.1. The maximum absolute atomic E-state index is 12.5. The van der Waals surface area contributed by atoms with Crippen molar-refractivity contribution in [3.05, 3.63) is 35.3 Å². The fraction of sp³-hybridized carbons (Fsp3) is 0.333. The molecule has 2 amide bonds. The van der Waals surface area contributed by atoms with Gasteiger partial charge in [0.05, 0.1) is 4.90 Å². The number of benzene rings is 1. The first-order chi connectivity index (χ1) is 14.2. The van der Waals surface area contributed by atoms with Gasteiger partial charge in [-0.1, -0.05) is 13.8 Å². The van der Waals surface area contributed by atoms with Crippen LogP contribution in [0.5, 0.6) is 0 Å². The Hall–Kier alpha value is -2.83. The molecule has 2 rings (SSSR count). The van der Waals surface area contributed by atoms with Gasteiger partial charge in [-0.3, -0.25) is 9.59 Å². The molecule has 2 aromatic rings. The highest BCUT2D eigenvalue weighted by Crippen LogP contribution is 2.19. The van der Waals surface area contributed by atoms with Crippen molar-refractivity contribution in [3.8, 4) is 0 Å². The fourth-order valence-electron chi connectivity index (χ4n) is 2.40. The van der Waals surface area contributed by atoms with E-state index in [1.54, 1.807) is 13.8 Å². The lowest BCUT2D eigenvalue weighted by Crippen LogP contribution is -2.30. The van der Waals surface area contributed by atoms with Crippen molar-refractivity contribution in [1.82, 2.24) is 9.29 Å². The zero-order chi connectivity index (χ0) is 22.3. The number of thiazole rings is 1. The summed E-state index contributed by atoms with van der Waals surface area (Å²) in [6, 6.07) is 5.70. The number of ether oxygens (including phenoxy) is 1. The minimum absolute atomic E-state index is 0.0255. The number of nitrogens with one attached hydrogen (secondary N) is 2. The molecule has 1 heterocycles. The maximum atomic E-state index is 12.5. The number of anilines is 2. The summed E-state index contributed by atoms with van der Waals surface area (Å²) in [5.74, 6) is -1.72. The summed E-state index contributed by atoms with van der Waals surface area (Å²) in [6.07, 6.45) is 0. The molecule has 12 heteroatoms. The molecule has 0 radical (unpaired) electrons. The number of hydrogen-bond donors (Lipinski definition) is 2. The molecule has 1 aromatic heterocycles. The van der Waals surface area contributed by atoms with E-state index in [2.05, 4.69) is 15.6 Å². The lowest BCUT2D eigenvalue weighted by atomic mass is 10.3. The van der Waals surface area contributed by atoms with Gasteiger partial charge in [-0.25, -0.2) is 18.2 Å². The van der Waals surface area contributed by atoms with Gasteiger partial charge in [-0.2, -0.15) is 4.31 Å². The molecule has 30 heavy (non-hydrogen) atoms. The van der Waals surface area contributed by atoms with Crippen molar-refractivity contribution >= 4 is 50.0 Å². The molecule has 2 N–H and O–H groups in total. The molecular formula is C18H22N4O6S2. The molecule has 0 aliphatic carbocycles. The van der Waals surface area contributed by atoms with Gasteiger partial charge in [0, 0.05) is 31.1 Å². The first kappa shape index (κ1) is 23.4. The van der Waals surface area contributed by atoms with Crippen LogP contribution in [0.3, 0.4) is 0 Å². The van der Waals surface area contributed by atoms with Crippen LogP contribution in [-0.4, -0.2) is 55.2 Å². The van der Waals surface area contributed by atoms with E-state index in [1.807, 2.05) is 0 Å². The lowest BCUT2D eigenvalue weighted by molar-refractivity contribution is -0.119. The molecule has 0 atom stereocenters. The highest BCUT2D eigenvalue weighted by molar-refractivity contribution is 7.89. The van der Waals surface area contributed by atoms with Crippen LogP contribution in [0, 0.1) is 0 Å². The number of sulfonamides is 1. The largest absolute Gasteiger partial charge is 0.451 e. The fourth-order valence-corrected chi connectivity index (χ4v) is 4.58. The Morgan fingerprint density at radius 3 is 2.30 bits per heavy atom. The van der Waals surface area contributed by atoms with Gasteiger partial charge >= 0.3 is 5.97 Å². The number of hydrogen-bond acceptors (Lipinski definition) is 8. The van der Waals surface area contributed by atoms with Crippen molar-refractivity contribution in [2.75, 3.05) is 30.3 Å². The van der Waals surface area contributed by atoms with Crippen LogP contribution in [0.4, 0.5) is 10.8 Å². The SMILES string of the molecule is CCN(CC)S(=O)(=O)c1ccc(NC(=O)COC(=O)c2csc(NC(C)=O)n2)cc1. The summed E-state index contributed by atoms with van der Waals surface area (Å²) in [6.45, 7) is 4.98. The molecule has 0 aliphatic rings. The second kappa shape index (κ2) is 10.3. The van der Waals surface area contributed by atoms with Crippen molar-refractivity contribution < 1.29 is 27.5 Å². The Morgan fingerprint density at radius 2 is 1.73 bits per heavy atom. The van der Waals surface area contributed by atoms with E-state index in [0.29, 0.717) is 18.8 Å². The summed E-state index contributed by atoms with van der Waals surface area (Å²) in [7, 11) is -3.59. The average molecular weight is 455 g/mol. The van der Waals surface area contributed by atoms with Gasteiger partial charge in [0.2, 0.25) is 15.9 Å². The van der Waals surface area contributed by atoms with Crippen LogP contribution >= 0.6 is 11.3 Å². The molecule has 0 fully saturated rings. The number of esters is 1. The second-order valence-electron chi connectivity index (χ2n) is 5.96. The van der Waals surface area contributed by atoms with E-state index in [9.17, 15) is 22.8 Å². The smallest absolute Gasteiger partial charge is 0.358 e. The number of amides is 2. The Labute approximate surface area is 178 Å². The second-order valence-corrected chi connectivity index (χ2v) is 8.75. The van der Waals surface area contributed by atoms with E-state index in [0.717, 1.165) is 11.3 Å². The van der Waals surface area contributed by atoms with Crippen LogP contribution in [0.2, 0.25) is 0 Å². The molecule has 0 saturated carbocycles. The Kier molecular flexibility index (Phi) is 8.03. The third-order valence-corrected chi connectivity index (χ3v) is 6.63. The van der Waals surface area contributed by atoms with Gasteiger partial charge in [-0.15, -0.1) is 11.3 Å². The van der Waals surface area contributed by atoms with Crippen molar-refractivity contribution in [3.63, 3.8) is 0 Å². The Balaban J connectivity index is 1.91. The van der Waals surface area contributed by atoms with E-state index < -0.39 is 28.5 Å². The molecule has 10 nitrogen and oxygen atoms in total. The highest BCUT2D eigenvalue weighted by atomic mass is 32.2. The highest BCUT2D eigenvalue weighted by Gasteiger charge is 2.21. The topological polar surface area (TPSA) is 135 Å². The molecule has 0 saturated heterocycles. The number of rotatable bonds is 9. The first-order valence-corrected chi connectivity index (χ1v) is 11.3. The maximum Gasteiger partial charge on any atom is 0.358 e. The number of nitrogens with zero attached hydrogens (tertiary/aromatic N) is 2. The number of carbonyl (C=O) groups excluding carboxylic acids is 3. The van der Waals surface area contributed by atoms with E-state index in [1.165, 1.54) is 40.9 Å². The first-order valence-electron chi connectivity index (χ1n) is 8.97. The van der Waals surface area contributed by atoms with Crippen LogP contribution in [0.1, 0.15) is 31.3 Å². The zero-order valence-electron chi connectivity index (χ0n) is 16.7. The summed E-state index contributed by atoms with van der Waals surface area (Å²) in [4.78, 5) is 38.9. The van der Waals surface area contributed by atoms with Gasteiger partial charge in [0.25, 0.3) is 5.91 Å². The van der Waals surface area contributed by atoms with Crippen molar-refractivity contribution in [2.24, 2.45) is 0 Å². The lowest BCUT2D eigenvalue weighted by Gasteiger charge is -2.18. The molecule has 0 aliphatic heterocycles. The van der Waals surface area contributed by atoms with Crippen molar-refractivity contribution in [2.45, 2.75) is 25.7 Å². The van der Waals surface area contributed by atoms with Crippen molar-refractivity contribution in [1.29, 1.82) is 0 Å². The predicted octanol–water partition coefficient (Wildman–Crippen LogP) is 1.93. The Bertz CT molecular complexity index is 1010. The van der Waals surface area contributed by atoms with Gasteiger partial charge in [0.15, 0.2) is 17.4 Å². The van der Waals surface area contributed by atoms with Gasteiger partial charge < -0.3 is 15.4 Å². The van der Waals surface area contributed by atoms with Crippen LogP contribution in [0.15, 0.2) is 34.5 Å². The van der Waals surface area contributed by atoms with E-state index >= 15 is 0 Å². The monoisotopic (exact) mass is 454 g/mol. The average Bonchev–Trinajstić information content (AvgIpc) is 3.15. The van der Waals surface area contributed by atoms with Gasteiger partial charge in [-0.05, 0) is 24.3 Å². The van der Waals surface area contributed by atoms with E-state index in [-0.39, 0.29) is 21.6 Å². The third-order valence-electron chi connectivity index (χ3n) is 3.81. The quantitative estimate of drug-likeness (QED) is 0.553. The molecule has 1 aromatic carbocycles. The van der Waals surface area contributed by atoms with Crippen LogP contribution in [-0.2, 0) is 24.3 Å². The molecular weight excluding hydrogens is 432 g/mol. The zero-order valence-corrected chi connectivity index (χ0v) is 18.3. The standard InChI is InChI=1S/C18H22N4O6S2/c1-4-22(5-2)30(26,27)14-8-6-13(7-9-14)20-16(24)10-28-17(25)15-11-29-18(21-15)19-12(3)23/h6-9,11H,4-5,10H2,1-3H3,(H,20,24)(H,19,21,23). The molecule has 162 valence electrons. The molecule has 0 spiro atoms. The van der Waals surface area contributed by atoms with Gasteiger partial charge in [0.1, 0.15) is 0 Å².